The summed E-state index contributed by atoms with van der Waals surface area (Å²) in [7, 11) is 0. The van der Waals surface area contributed by atoms with E-state index in [-0.39, 0.29) is 11.8 Å². The Kier molecular flexibility index (Phi) is 6.36. The highest BCUT2D eigenvalue weighted by atomic mass is 16.3. The Morgan fingerprint density at radius 3 is 2.39 bits per heavy atom. The molecule has 1 amide bonds. The zero-order valence-corrected chi connectivity index (χ0v) is 13.8. The smallest absolute Gasteiger partial charge is 0.224 e. The predicted molar refractivity (Wildman–Crippen MR) is 93.4 cm³/mol. The maximum absolute atomic E-state index is 12.2. The number of nitrogens with one attached hydrogen (secondary N) is 1. The number of aryl methyl sites for hydroxylation is 1. The normalized spacial score (nSPS) is 13.3. The number of rotatable bonds is 7. The van der Waals surface area contributed by atoms with Crippen molar-refractivity contribution in [3.05, 3.63) is 71.3 Å². The molecule has 3 nitrogen and oxygen atoms in total. The minimum atomic E-state index is -0.395. The summed E-state index contributed by atoms with van der Waals surface area (Å²) in [5, 5.41) is 12.7. The molecule has 0 radical (unpaired) electrons. The van der Waals surface area contributed by atoms with Gasteiger partial charge in [0, 0.05) is 12.5 Å². The maximum atomic E-state index is 12.2. The van der Waals surface area contributed by atoms with Crippen molar-refractivity contribution in [3.8, 4) is 0 Å². The van der Waals surface area contributed by atoms with E-state index < -0.39 is 6.10 Å². The second-order valence-corrected chi connectivity index (χ2v) is 6.10. The first-order valence-corrected chi connectivity index (χ1v) is 8.10. The summed E-state index contributed by atoms with van der Waals surface area (Å²) in [5.41, 5.74) is 3.33. The first kappa shape index (κ1) is 17.2. The summed E-state index contributed by atoms with van der Waals surface area (Å²) < 4.78 is 0. The predicted octanol–water partition coefficient (Wildman–Crippen LogP) is 3.21. The lowest BCUT2D eigenvalue weighted by Crippen LogP contribution is -2.31. The molecule has 0 aromatic heterocycles. The minimum Gasteiger partial charge on any atom is -0.393 e. The Morgan fingerprint density at radius 1 is 1.09 bits per heavy atom. The number of amides is 1. The topological polar surface area (TPSA) is 49.3 Å². The Labute approximate surface area is 138 Å². The second kappa shape index (κ2) is 8.49. The molecule has 122 valence electrons. The van der Waals surface area contributed by atoms with E-state index in [0.29, 0.717) is 19.4 Å². The van der Waals surface area contributed by atoms with Gasteiger partial charge in [0.15, 0.2) is 0 Å². The van der Waals surface area contributed by atoms with Crippen LogP contribution in [0.1, 0.15) is 36.0 Å². The summed E-state index contributed by atoms with van der Waals surface area (Å²) in [5.74, 6) is 0.142. The van der Waals surface area contributed by atoms with E-state index in [1.165, 1.54) is 0 Å². The van der Waals surface area contributed by atoms with Crippen LogP contribution in [0.5, 0.6) is 0 Å². The molecule has 2 N–H and O–H groups in total. The van der Waals surface area contributed by atoms with Gasteiger partial charge in [-0.15, -0.1) is 0 Å². The van der Waals surface area contributed by atoms with Gasteiger partial charge in [0.25, 0.3) is 0 Å². The highest BCUT2D eigenvalue weighted by molar-refractivity contribution is 5.78. The fourth-order valence-electron chi connectivity index (χ4n) is 2.76. The molecule has 0 heterocycles. The van der Waals surface area contributed by atoms with Gasteiger partial charge in [0.2, 0.25) is 5.91 Å². The molecular weight excluding hydrogens is 286 g/mol. The molecule has 0 aliphatic rings. The van der Waals surface area contributed by atoms with E-state index in [1.54, 1.807) is 6.92 Å². The molecule has 0 fully saturated rings. The van der Waals surface area contributed by atoms with Crippen LogP contribution in [0.3, 0.4) is 0 Å². The van der Waals surface area contributed by atoms with E-state index in [1.807, 2.05) is 61.5 Å². The molecular formula is C20H25NO2. The number of aliphatic hydroxyl groups excluding tert-OH is 1. The van der Waals surface area contributed by atoms with E-state index in [2.05, 4.69) is 5.32 Å². The number of carbonyl (C=O) groups excluding carboxylic acids is 1. The van der Waals surface area contributed by atoms with Crippen LogP contribution in [0.25, 0.3) is 0 Å². The van der Waals surface area contributed by atoms with Crippen LogP contribution in [0, 0.1) is 6.92 Å². The van der Waals surface area contributed by atoms with Crippen LogP contribution >= 0.6 is 0 Å². The van der Waals surface area contributed by atoms with E-state index in [0.717, 1.165) is 16.7 Å². The first-order valence-electron chi connectivity index (χ1n) is 8.10. The van der Waals surface area contributed by atoms with Crippen molar-refractivity contribution >= 4 is 5.91 Å². The lowest BCUT2D eigenvalue weighted by Gasteiger charge is -2.20. The molecule has 0 aliphatic heterocycles. The van der Waals surface area contributed by atoms with Crippen molar-refractivity contribution in [2.24, 2.45) is 0 Å². The Morgan fingerprint density at radius 2 is 1.74 bits per heavy atom. The van der Waals surface area contributed by atoms with E-state index >= 15 is 0 Å². The average molecular weight is 311 g/mol. The third kappa shape index (κ3) is 5.53. The third-order valence-electron chi connectivity index (χ3n) is 4.05. The van der Waals surface area contributed by atoms with Crippen molar-refractivity contribution in [1.29, 1.82) is 0 Å². The number of hydrogen-bond donors (Lipinski definition) is 2. The van der Waals surface area contributed by atoms with Crippen LogP contribution in [-0.4, -0.2) is 23.7 Å². The molecule has 0 spiro atoms. The van der Waals surface area contributed by atoms with Gasteiger partial charge < -0.3 is 10.4 Å². The van der Waals surface area contributed by atoms with E-state index in [9.17, 15) is 9.90 Å². The van der Waals surface area contributed by atoms with Crippen LogP contribution in [-0.2, 0) is 11.2 Å². The highest BCUT2D eigenvalue weighted by Gasteiger charge is 2.15. The molecule has 2 rings (SSSR count). The Balaban J connectivity index is 1.95. The lowest BCUT2D eigenvalue weighted by molar-refractivity contribution is -0.120. The molecule has 2 atom stereocenters. The van der Waals surface area contributed by atoms with Gasteiger partial charge in [0.1, 0.15) is 0 Å². The number of carbonyl (C=O) groups is 1. The quantitative estimate of drug-likeness (QED) is 0.825. The largest absolute Gasteiger partial charge is 0.393 e. The van der Waals surface area contributed by atoms with Gasteiger partial charge in [-0.3, -0.25) is 4.79 Å². The molecule has 0 saturated carbocycles. The Bertz CT molecular complexity index is 623. The van der Waals surface area contributed by atoms with Crippen molar-refractivity contribution in [2.45, 2.75) is 38.7 Å². The van der Waals surface area contributed by atoms with Crippen molar-refractivity contribution in [1.82, 2.24) is 5.32 Å². The second-order valence-electron chi connectivity index (χ2n) is 6.10. The molecule has 2 unspecified atom stereocenters. The third-order valence-corrected chi connectivity index (χ3v) is 4.05. The molecule has 0 aliphatic carbocycles. The highest BCUT2D eigenvalue weighted by Crippen LogP contribution is 2.20. The number of benzene rings is 2. The van der Waals surface area contributed by atoms with Gasteiger partial charge >= 0.3 is 0 Å². The standard InChI is InChI=1S/C20H25NO2/c1-15-8-6-7-11-18(15)13-20(23)21-14-19(12-16(2)22)17-9-4-3-5-10-17/h3-11,16,19,22H,12-14H2,1-2H3,(H,21,23). The number of aliphatic hydroxyl groups is 1. The molecule has 3 heteroatoms. The summed E-state index contributed by atoms with van der Waals surface area (Å²) in [6.07, 6.45) is 0.630. The van der Waals surface area contributed by atoms with E-state index in [4.69, 9.17) is 0 Å². The van der Waals surface area contributed by atoms with Gasteiger partial charge in [-0.2, -0.15) is 0 Å². The fraction of sp³-hybridized carbons (Fsp3) is 0.350. The summed E-state index contributed by atoms with van der Waals surface area (Å²) in [6, 6.07) is 18.0. The van der Waals surface area contributed by atoms with Crippen molar-refractivity contribution < 1.29 is 9.90 Å². The monoisotopic (exact) mass is 311 g/mol. The van der Waals surface area contributed by atoms with Crippen LogP contribution < -0.4 is 5.32 Å². The van der Waals surface area contributed by atoms with Crippen LogP contribution in [0.4, 0.5) is 0 Å². The molecule has 23 heavy (non-hydrogen) atoms. The average Bonchev–Trinajstić information content (AvgIpc) is 2.54. The molecule has 0 saturated heterocycles. The van der Waals surface area contributed by atoms with Gasteiger partial charge in [-0.25, -0.2) is 0 Å². The van der Waals surface area contributed by atoms with Gasteiger partial charge in [-0.1, -0.05) is 54.6 Å². The number of hydrogen-bond acceptors (Lipinski definition) is 2. The van der Waals surface area contributed by atoms with Crippen LogP contribution in [0.15, 0.2) is 54.6 Å². The maximum Gasteiger partial charge on any atom is 0.224 e. The zero-order valence-electron chi connectivity index (χ0n) is 13.8. The molecule has 2 aromatic rings. The Hall–Kier alpha value is -2.13. The molecule has 2 aromatic carbocycles. The SMILES string of the molecule is Cc1ccccc1CC(=O)NCC(CC(C)O)c1ccccc1. The van der Waals surface area contributed by atoms with Gasteiger partial charge in [-0.05, 0) is 37.0 Å². The molecule has 0 bridgehead atoms. The van der Waals surface area contributed by atoms with Gasteiger partial charge in [0.05, 0.1) is 12.5 Å². The van der Waals surface area contributed by atoms with Crippen molar-refractivity contribution in [3.63, 3.8) is 0 Å². The van der Waals surface area contributed by atoms with Crippen molar-refractivity contribution in [2.75, 3.05) is 6.54 Å². The zero-order chi connectivity index (χ0) is 16.7. The summed E-state index contributed by atoms with van der Waals surface area (Å²) in [6.45, 7) is 4.34. The summed E-state index contributed by atoms with van der Waals surface area (Å²) in [4.78, 5) is 12.2. The fourth-order valence-corrected chi connectivity index (χ4v) is 2.76. The first-order chi connectivity index (χ1) is 11.1. The van der Waals surface area contributed by atoms with Crippen LogP contribution in [0.2, 0.25) is 0 Å². The minimum absolute atomic E-state index is 0.0193. The lowest BCUT2D eigenvalue weighted by atomic mass is 9.93. The summed E-state index contributed by atoms with van der Waals surface area (Å²) >= 11 is 0.